The van der Waals surface area contributed by atoms with Gasteiger partial charge in [-0.05, 0) is 12.0 Å². The Morgan fingerprint density at radius 3 is 2.29 bits per heavy atom. The summed E-state index contributed by atoms with van der Waals surface area (Å²) in [5.74, 6) is 0.437. The van der Waals surface area contributed by atoms with E-state index in [9.17, 15) is 0 Å². The largest absolute Gasteiger partial charge is 0.349 e. The Morgan fingerprint density at radius 2 is 2.14 bits per heavy atom. The average Bonchev–Trinajstić information content (AvgIpc) is 1.61. The minimum absolute atomic E-state index is 0.437. The summed E-state index contributed by atoms with van der Waals surface area (Å²) in [6.45, 7) is 3.99. The smallest absolute Gasteiger partial charge is 0.125 e. The molecule has 2 heteroatoms. The summed E-state index contributed by atoms with van der Waals surface area (Å²) >= 11 is 0. The van der Waals surface area contributed by atoms with E-state index in [0.29, 0.717) is 5.92 Å². The molecule has 0 aromatic rings. The van der Waals surface area contributed by atoms with Crippen LogP contribution in [0.15, 0.2) is 12.3 Å². The minimum Gasteiger partial charge on any atom is -0.349 e. The highest BCUT2D eigenvalue weighted by Crippen LogP contribution is 1.91. The predicted molar refractivity (Wildman–Crippen MR) is 27.7 cm³/mol. The van der Waals surface area contributed by atoms with Gasteiger partial charge in [-0.3, -0.25) is 0 Å². The molecule has 0 spiro atoms. The van der Waals surface area contributed by atoms with Gasteiger partial charge in [-0.1, -0.05) is 13.8 Å². The van der Waals surface area contributed by atoms with Gasteiger partial charge >= 0.3 is 0 Å². The van der Waals surface area contributed by atoms with Gasteiger partial charge in [0, 0.05) is 0 Å². The van der Waals surface area contributed by atoms with Crippen LogP contribution in [0.2, 0.25) is 0 Å². The van der Waals surface area contributed by atoms with Crippen LogP contribution >= 0.6 is 0 Å². The second-order valence-electron chi connectivity index (χ2n) is 1.68. The Balaban J connectivity index is 3.08. The zero-order valence-electron chi connectivity index (χ0n) is 4.59. The van der Waals surface area contributed by atoms with Crippen molar-refractivity contribution in [2.45, 2.75) is 13.8 Å². The topological polar surface area (TPSA) is 29.5 Å². The number of rotatable bonds is 2. The van der Waals surface area contributed by atoms with Crippen molar-refractivity contribution in [2.24, 2.45) is 5.92 Å². The van der Waals surface area contributed by atoms with Crippen LogP contribution in [0.3, 0.4) is 0 Å². The maximum atomic E-state index is 7.73. The zero-order valence-corrected chi connectivity index (χ0v) is 4.59. The molecule has 0 radical (unpaired) electrons. The van der Waals surface area contributed by atoms with Crippen molar-refractivity contribution in [3.8, 4) is 0 Å². The SMILES string of the molecule is CC(C)/C=C/OO. The second-order valence-corrected chi connectivity index (χ2v) is 1.68. The van der Waals surface area contributed by atoms with Crippen LogP contribution in [0.5, 0.6) is 0 Å². The van der Waals surface area contributed by atoms with Crippen molar-refractivity contribution in [2.75, 3.05) is 0 Å². The quantitative estimate of drug-likeness (QED) is 0.326. The van der Waals surface area contributed by atoms with E-state index in [1.807, 2.05) is 13.8 Å². The summed E-state index contributed by atoms with van der Waals surface area (Å²) in [7, 11) is 0. The molecule has 0 amide bonds. The maximum Gasteiger partial charge on any atom is 0.125 e. The molecule has 7 heavy (non-hydrogen) atoms. The second kappa shape index (κ2) is 3.68. The first-order chi connectivity index (χ1) is 3.27. The van der Waals surface area contributed by atoms with Crippen LogP contribution in [-0.4, -0.2) is 5.26 Å². The summed E-state index contributed by atoms with van der Waals surface area (Å²) in [5.41, 5.74) is 0. The molecule has 0 aromatic heterocycles. The number of hydrogen-bond donors (Lipinski definition) is 1. The molecule has 42 valence electrons. The Hall–Kier alpha value is -0.500. The zero-order chi connectivity index (χ0) is 5.70. The molecule has 0 saturated heterocycles. The highest BCUT2D eigenvalue weighted by Gasteiger charge is 1.79. The molecule has 2 nitrogen and oxygen atoms in total. The van der Waals surface area contributed by atoms with Gasteiger partial charge in [0.2, 0.25) is 0 Å². The lowest BCUT2D eigenvalue weighted by Gasteiger charge is -1.88. The predicted octanol–water partition coefficient (Wildman–Crippen LogP) is 1.65. The Kier molecular flexibility index (Phi) is 3.42. The van der Waals surface area contributed by atoms with E-state index in [1.165, 1.54) is 6.26 Å². The fourth-order valence-corrected chi connectivity index (χ4v) is 0.192. The first kappa shape index (κ1) is 6.50. The van der Waals surface area contributed by atoms with E-state index in [4.69, 9.17) is 5.26 Å². The third-order valence-electron chi connectivity index (χ3n) is 0.524. The van der Waals surface area contributed by atoms with Crippen molar-refractivity contribution in [3.63, 3.8) is 0 Å². The van der Waals surface area contributed by atoms with E-state index < -0.39 is 0 Å². The number of hydrogen-bond acceptors (Lipinski definition) is 2. The summed E-state index contributed by atoms with van der Waals surface area (Å²) < 4.78 is 0. The normalized spacial score (nSPS) is 10.9. The van der Waals surface area contributed by atoms with Gasteiger partial charge in [0.15, 0.2) is 0 Å². The van der Waals surface area contributed by atoms with Gasteiger partial charge in [0.1, 0.15) is 6.26 Å². The molecule has 0 unspecified atom stereocenters. The van der Waals surface area contributed by atoms with E-state index in [2.05, 4.69) is 4.89 Å². The van der Waals surface area contributed by atoms with Gasteiger partial charge in [-0.25, -0.2) is 5.26 Å². The summed E-state index contributed by atoms with van der Waals surface area (Å²) in [5, 5.41) is 7.73. The minimum atomic E-state index is 0.437. The molecule has 0 aliphatic carbocycles. The number of allylic oxidation sites excluding steroid dienone is 1. The third kappa shape index (κ3) is 5.50. The fraction of sp³-hybridized carbons (Fsp3) is 0.600. The standard InChI is InChI=1S/C5H10O2/c1-5(2)3-4-7-6/h3-6H,1-2H3/b4-3+. The fourth-order valence-electron chi connectivity index (χ4n) is 0.192. The van der Waals surface area contributed by atoms with E-state index in [1.54, 1.807) is 6.08 Å². The Labute approximate surface area is 43.3 Å². The summed E-state index contributed by atoms with van der Waals surface area (Å²) in [4.78, 5) is 3.67. The Bertz CT molecular complexity index is 57.1. The van der Waals surface area contributed by atoms with Crippen molar-refractivity contribution in [1.82, 2.24) is 0 Å². The highest BCUT2D eigenvalue weighted by molar-refractivity contribution is 4.75. The molecular formula is C5H10O2. The lowest BCUT2D eigenvalue weighted by atomic mass is 10.2. The van der Waals surface area contributed by atoms with E-state index in [-0.39, 0.29) is 0 Å². The van der Waals surface area contributed by atoms with Crippen LogP contribution in [0.1, 0.15) is 13.8 Å². The highest BCUT2D eigenvalue weighted by atomic mass is 17.1. The molecule has 0 aromatic carbocycles. The molecule has 0 saturated carbocycles. The van der Waals surface area contributed by atoms with Crippen molar-refractivity contribution < 1.29 is 10.1 Å². The molecule has 0 heterocycles. The molecule has 0 bridgehead atoms. The third-order valence-corrected chi connectivity index (χ3v) is 0.524. The summed E-state index contributed by atoms with van der Waals surface area (Å²) in [6, 6.07) is 0. The first-order valence-electron chi connectivity index (χ1n) is 2.24. The van der Waals surface area contributed by atoms with Crippen LogP contribution in [-0.2, 0) is 4.89 Å². The van der Waals surface area contributed by atoms with Crippen molar-refractivity contribution >= 4 is 0 Å². The lowest BCUT2D eigenvalue weighted by molar-refractivity contribution is -0.187. The molecule has 1 N–H and O–H groups in total. The summed E-state index contributed by atoms with van der Waals surface area (Å²) in [6.07, 6.45) is 3.00. The van der Waals surface area contributed by atoms with Gasteiger partial charge in [0.05, 0.1) is 0 Å². The van der Waals surface area contributed by atoms with Crippen LogP contribution in [0.25, 0.3) is 0 Å². The molecular weight excluding hydrogens is 92.1 g/mol. The van der Waals surface area contributed by atoms with Gasteiger partial charge in [-0.2, -0.15) is 0 Å². The first-order valence-corrected chi connectivity index (χ1v) is 2.24. The molecule has 0 aliphatic rings. The molecule has 0 fully saturated rings. The monoisotopic (exact) mass is 102 g/mol. The molecule has 0 rings (SSSR count). The lowest BCUT2D eigenvalue weighted by Crippen LogP contribution is -1.77. The Morgan fingerprint density at radius 1 is 1.57 bits per heavy atom. The average molecular weight is 102 g/mol. The van der Waals surface area contributed by atoms with E-state index >= 15 is 0 Å². The molecule has 0 aliphatic heterocycles. The maximum absolute atomic E-state index is 7.73. The van der Waals surface area contributed by atoms with E-state index in [0.717, 1.165) is 0 Å². The van der Waals surface area contributed by atoms with Gasteiger partial charge in [0.25, 0.3) is 0 Å². The van der Waals surface area contributed by atoms with Crippen LogP contribution in [0.4, 0.5) is 0 Å². The van der Waals surface area contributed by atoms with Crippen molar-refractivity contribution in [1.29, 1.82) is 0 Å². The van der Waals surface area contributed by atoms with Gasteiger partial charge in [-0.15, -0.1) is 0 Å². The molecule has 0 atom stereocenters. The van der Waals surface area contributed by atoms with Crippen molar-refractivity contribution in [3.05, 3.63) is 12.3 Å². The van der Waals surface area contributed by atoms with Crippen LogP contribution in [0, 0.1) is 5.92 Å². The van der Waals surface area contributed by atoms with Gasteiger partial charge < -0.3 is 4.89 Å². The van der Waals surface area contributed by atoms with Crippen LogP contribution < -0.4 is 0 Å².